The largest absolute Gasteiger partial charge is 0.497 e. The minimum atomic E-state index is -1.37. The third-order valence-electron chi connectivity index (χ3n) is 9.16. The van der Waals surface area contributed by atoms with Gasteiger partial charge in [-0.15, -0.1) is 0 Å². The number of anilines is 2. The zero-order chi connectivity index (χ0) is 29.9. The van der Waals surface area contributed by atoms with Crippen LogP contribution < -0.4 is 19.7 Å². The summed E-state index contributed by atoms with van der Waals surface area (Å²) in [6, 6.07) is 27.6. The van der Waals surface area contributed by atoms with Crippen molar-refractivity contribution >= 4 is 34.4 Å². The Hall–Kier alpha value is -5.17. The molecule has 7 rings (SSSR count). The number of rotatable bonds is 6. The zero-order valence-electron chi connectivity index (χ0n) is 24.0. The van der Waals surface area contributed by atoms with Crippen LogP contribution in [-0.2, 0) is 10.2 Å². The second-order valence-electron chi connectivity index (χ2n) is 11.2. The van der Waals surface area contributed by atoms with Crippen molar-refractivity contribution in [1.29, 1.82) is 0 Å². The number of amides is 1. The second-order valence-corrected chi connectivity index (χ2v) is 11.2. The summed E-state index contributed by atoms with van der Waals surface area (Å²) in [5.74, 6) is -0.743. The highest BCUT2D eigenvalue weighted by atomic mass is 16.5. The Morgan fingerprint density at radius 1 is 0.791 bits per heavy atom. The third-order valence-corrected chi connectivity index (χ3v) is 9.16. The molecule has 43 heavy (non-hydrogen) atoms. The van der Waals surface area contributed by atoms with E-state index in [9.17, 15) is 14.4 Å². The summed E-state index contributed by atoms with van der Waals surface area (Å²) in [4.78, 5) is 46.3. The van der Waals surface area contributed by atoms with Crippen molar-refractivity contribution in [3.05, 3.63) is 125 Å². The Labute approximate surface area is 249 Å². The maximum atomic E-state index is 14.9. The van der Waals surface area contributed by atoms with Crippen molar-refractivity contribution < 1.29 is 23.9 Å². The van der Waals surface area contributed by atoms with Gasteiger partial charge in [0.15, 0.2) is 11.6 Å². The first-order chi connectivity index (χ1) is 20.9. The molecular weight excluding hydrogens is 540 g/mol. The summed E-state index contributed by atoms with van der Waals surface area (Å²) in [6.45, 7) is 2.01. The topological polar surface area (TPSA) is 84.9 Å². The molecule has 7 nitrogen and oxygen atoms in total. The van der Waals surface area contributed by atoms with Crippen molar-refractivity contribution in [3.8, 4) is 11.5 Å². The van der Waals surface area contributed by atoms with Crippen molar-refractivity contribution in [2.45, 2.75) is 24.4 Å². The van der Waals surface area contributed by atoms with Crippen molar-refractivity contribution in [1.82, 2.24) is 0 Å². The van der Waals surface area contributed by atoms with Gasteiger partial charge in [-0.3, -0.25) is 14.4 Å². The normalized spacial score (nSPS) is 23.1. The van der Waals surface area contributed by atoms with Crippen LogP contribution in [0.3, 0.4) is 0 Å². The molecule has 214 valence electrons. The lowest BCUT2D eigenvalue weighted by atomic mass is 9.64. The maximum Gasteiger partial charge on any atom is 0.238 e. The smallest absolute Gasteiger partial charge is 0.238 e. The molecule has 4 aromatic rings. The van der Waals surface area contributed by atoms with E-state index in [1.807, 2.05) is 60.4 Å². The standard InChI is InChI=1S/C36H30N2O5/c1-21-19-30-36(27-12-5-6-13-28(27)37-35(36)41)31(33(39)22-15-17-24(42-2)18-16-22)32(38(30)29-14-7-4-11-26(21)29)34(40)23-9-8-10-25(20-23)43-3/h4-20,30-32H,1-3H3,(H,37,41)/t30-,31+,32+,36-/m1/s1. The molecule has 1 fully saturated rings. The van der Waals surface area contributed by atoms with E-state index in [0.717, 1.165) is 16.8 Å². The Kier molecular flexibility index (Phi) is 6.20. The number of carbonyl (C=O) groups excluding carboxylic acids is 3. The van der Waals surface area contributed by atoms with Crippen LogP contribution in [0.5, 0.6) is 11.5 Å². The average Bonchev–Trinajstić information content (AvgIpc) is 3.52. The molecule has 0 aliphatic carbocycles. The molecule has 4 aromatic carbocycles. The van der Waals surface area contributed by atoms with Gasteiger partial charge in [0.1, 0.15) is 23.0 Å². The summed E-state index contributed by atoms with van der Waals surface area (Å²) in [5, 5.41) is 3.08. The predicted octanol–water partition coefficient (Wildman–Crippen LogP) is 5.95. The number of Topliss-reactive ketones (excluding diaryl/α,β-unsaturated/α-hetero) is 2. The summed E-state index contributed by atoms with van der Waals surface area (Å²) in [7, 11) is 3.12. The Bertz CT molecular complexity index is 1830. The van der Waals surface area contributed by atoms with Crippen molar-refractivity contribution in [3.63, 3.8) is 0 Å². The third kappa shape index (κ3) is 3.77. The van der Waals surface area contributed by atoms with Gasteiger partial charge in [-0.2, -0.15) is 0 Å². The lowest BCUT2D eigenvalue weighted by Gasteiger charge is -2.39. The number of nitrogens with zero attached hydrogens (tertiary/aromatic N) is 1. The van der Waals surface area contributed by atoms with Gasteiger partial charge in [0.05, 0.1) is 26.2 Å². The zero-order valence-corrected chi connectivity index (χ0v) is 24.0. The molecule has 3 aliphatic rings. The molecule has 1 amide bonds. The highest BCUT2D eigenvalue weighted by Gasteiger charge is 2.70. The number of hydrogen-bond acceptors (Lipinski definition) is 6. The Morgan fingerprint density at radius 3 is 2.28 bits per heavy atom. The number of methoxy groups -OCH3 is 2. The van der Waals surface area contributed by atoms with Gasteiger partial charge in [-0.1, -0.05) is 54.6 Å². The molecule has 1 spiro atoms. The van der Waals surface area contributed by atoms with Crippen LogP contribution in [0, 0.1) is 5.92 Å². The van der Waals surface area contributed by atoms with Gasteiger partial charge >= 0.3 is 0 Å². The fourth-order valence-electron chi connectivity index (χ4n) is 7.27. The van der Waals surface area contributed by atoms with Crippen LogP contribution in [0.15, 0.2) is 103 Å². The molecule has 1 N–H and O–H groups in total. The summed E-state index contributed by atoms with van der Waals surface area (Å²) in [5.41, 5.74) is 3.56. The molecule has 0 unspecified atom stereocenters. The van der Waals surface area contributed by atoms with E-state index in [2.05, 4.69) is 11.4 Å². The van der Waals surface area contributed by atoms with Crippen LogP contribution in [0.2, 0.25) is 0 Å². The van der Waals surface area contributed by atoms with Crippen LogP contribution in [-0.4, -0.2) is 43.8 Å². The van der Waals surface area contributed by atoms with E-state index < -0.39 is 23.4 Å². The molecule has 7 heteroatoms. The van der Waals surface area contributed by atoms with Gasteiger partial charge in [-0.25, -0.2) is 0 Å². The first-order valence-corrected chi connectivity index (χ1v) is 14.2. The number of para-hydroxylation sites is 2. The highest BCUT2D eigenvalue weighted by Crippen LogP contribution is 2.58. The number of nitrogens with one attached hydrogen (secondary N) is 1. The number of fused-ring (bicyclic) bond motifs is 6. The van der Waals surface area contributed by atoms with E-state index in [1.54, 1.807) is 62.8 Å². The lowest BCUT2D eigenvalue weighted by molar-refractivity contribution is -0.121. The Morgan fingerprint density at radius 2 is 1.51 bits per heavy atom. The van der Waals surface area contributed by atoms with Crippen LogP contribution in [0.1, 0.15) is 38.8 Å². The summed E-state index contributed by atoms with van der Waals surface area (Å²) >= 11 is 0. The van der Waals surface area contributed by atoms with E-state index in [-0.39, 0.29) is 17.5 Å². The molecule has 1 saturated heterocycles. The van der Waals surface area contributed by atoms with Crippen molar-refractivity contribution in [2.24, 2.45) is 5.92 Å². The number of allylic oxidation sites excluding steroid dienone is 1. The maximum absolute atomic E-state index is 14.9. The van der Waals surface area contributed by atoms with E-state index in [0.29, 0.717) is 33.9 Å². The van der Waals surface area contributed by atoms with Gasteiger partial charge in [0, 0.05) is 28.1 Å². The van der Waals surface area contributed by atoms with Gasteiger partial charge < -0.3 is 19.7 Å². The molecule has 4 atom stereocenters. The van der Waals surface area contributed by atoms with Gasteiger partial charge in [-0.05, 0) is 66.6 Å². The number of benzene rings is 4. The first kappa shape index (κ1) is 26.7. The molecular formula is C36H30N2O5. The average molecular weight is 571 g/mol. The van der Waals surface area contributed by atoms with Gasteiger partial charge in [0.25, 0.3) is 0 Å². The minimum Gasteiger partial charge on any atom is -0.497 e. The molecule has 3 aliphatic heterocycles. The molecule has 0 aromatic heterocycles. The monoisotopic (exact) mass is 570 g/mol. The van der Waals surface area contributed by atoms with Gasteiger partial charge in [0.2, 0.25) is 5.91 Å². The summed E-state index contributed by atoms with van der Waals surface area (Å²) < 4.78 is 10.8. The van der Waals surface area contributed by atoms with E-state index in [1.165, 1.54) is 0 Å². The van der Waals surface area contributed by atoms with Crippen LogP contribution in [0.25, 0.3) is 5.57 Å². The Balaban J connectivity index is 1.53. The lowest BCUT2D eigenvalue weighted by Crippen LogP contribution is -2.51. The number of hydrogen-bond donors (Lipinski definition) is 1. The fourth-order valence-corrected chi connectivity index (χ4v) is 7.27. The minimum absolute atomic E-state index is 0.257. The number of ketones is 2. The van der Waals surface area contributed by atoms with Crippen molar-refractivity contribution in [2.75, 3.05) is 24.4 Å². The SMILES string of the molecule is COc1ccc(C(=O)[C@@H]2[C@@H](C(=O)c3cccc(OC)c3)N3c4ccccc4C(C)=C[C@@H]3[C@@]23C(=O)Nc2ccccc23)cc1. The molecule has 0 radical (unpaired) electrons. The quantitative estimate of drug-likeness (QED) is 0.289. The second kappa shape index (κ2) is 9.98. The van der Waals surface area contributed by atoms with E-state index in [4.69, 9.17) is 9.47 Å². The predicted molar refractivity (Wildman–Crippen MR) is 165 cm³/mol. The van der Waals surface area contributed by atoms with Crippen LogP contribution >= 0.6 is 0 Å². The number of carbonyl (C=O) groups is 3. The summed E-state index contributed by atoms with van der Waals surface area (Å²) in [6.07, 6.45) is 2.05. The first-order valence-electron chi connectivity index (χ1n) is 14.2. The highest BCUT2D eigenvalue weighted by molar-refractivity contribution is 6.18. The molecule has 0 bridgehead atoms. The molecule has 0 saturated carbocycles. The molecule has 3 heterocycles. The van der Waals surface area contributed by atoms with Crippen LogP contribution in [0.4, 0.5) is 11.4 Å². The van der Waals surface area contributed by atoms with E-state index >= 15 is 0 Å². The number of ether oxygens (including phenoxy) is 2. The fraction of sp³-hybridized carbons (Fsp3) is 0.194.